The largest absolute Gasteiger partial charge is 0.481 e. The van der Waals surface area contributed by atoms with Crippen LogP contribution in [0.2, 0.25) is 5.15 Å². The van der Waals surface area contributed by atoms with E-state index in [4.69, 9.17) is 26.6 Å². The maximum atomic E-state index is 10.9. The van der Waals surface area contributed by atoms with E-state index in [-0.39, 0.29) is 5.56 Å². The molecule has 0 aliphatic rings. The molecule has 2 rings (SSSR count). The summed E-state index contributed by atoms with van der Waals surface area (Å²) in [4.78, 5) is 29.0. The highest BCUT2D eigenvalue weighted by Gasteiger charge is 2.12. The van der Waals surface area contributed by atoms with Gasteiger partial charge >= 0.3 is 5.97 Å². The molecule has 0 unspecified atom stereocenters. The monoisotopic (exact) mass is 392 g/mol. The molecule has 0 aliphatic carbocycles. The number of aliphatic carboxylic acids is 1. The number of benzene rings is 1. The lowest BCUT2D eigenvalue weighted by molar-refractivity contribution is -0.134. The fourth-order valence-corrected chi connectivity index (χ4v) is 2.79. The minimum atomic E-state index is -0.919. The van der Waals surface area contributed by atoms with Crippen molar-refractivity contribution in [3.05, 3.63) is 57.6 Å². The van der Waals surface area contributed by atoms with Crippen LogP contribution < -0.4 is 0 Å². The summed E-state index contributed by atoms with van der Waals surface area (Å²) < 4.78 is 0. The first-order valence-electron chi connectivity index (χ1n) is 8.84. The molecule has 7 heteroatoms. The minimum absolute atomic E-state index is 0.286. The van der Waals surface area contributed by atoms with Gasteiger partial charge in [0.15, 0.2) is 0 Å². The van der Waals surface area contributed by atoms with E-state index in [2.05, 4.69) is 16.9 Å². The van der Waals surface area contributed by atoms with Gasteiger partial charge in [-0.1, -0.05) is 44.0 Å². The quantitative estimate of drug-likeness (QED) is 0.676. The Morgan fingerprint density at radius 1 is 1.07 bits per heavy atom. The zero-order chi connectivity index (χ0) is 20.4. The lowest BCUT2D eigenvalue weighted by Crippen LogP contribution is -2.07. The van der Waals surface area contributed by atoms with Crippen molar-refractivity contribution in [3.8, 4) is 0 Å². The predicted molar refractivity (Wildman–Crippen MR) is 105 cm³/mol. The number of aromatic nitrogens is 2. The van der Waals surface area contributed by atoms with Crippen LogP contribution in [0.3, 0.4) is 0 Å². The minimum Gasteiger partial charge on any atom is -0.481 e. The van der Waals surface area contributed by atoms with E-state index in [1.54, 1.807) is 12.1 Å². The average molecular weight is 393 g/mol. The van der Waals surface area contributed by atoms with E-state index in [1.165, 1.54) is 0 Å². The number of carboxylic acid groups (broad SMARTS) is 2. The van der Waals surface area contributed by atoms with E-state index < -0.39 is 11.9 Å². The van der Waals surface area contributed by atoms with Crippen molar-refractivity contribution in [2.75, 3.05) is 0 Å². The normalized spacial score (nSPS) is 10.1. The second-order valence-electron chi connectivity index (χ2n) is 6.01. The Balaban J connectivity index is 0.000000828. The maximum Gasteiger partial charge on any atom is 0.335 e. The molecule has 6 nitrogen and oxygen atoms in total. The van der Waals surface area contributed by atoms with Crippen molar-refractivity contribution in [2.45, 2.75) is 52.9 Å². The molecular formula is C20H25ClN2O4. The van der Waals surface area contributed by atoms with Crippen molar-refractivity contribution in [1.82, 2.24) is 9.97 Å². The van der Waals surface area contributed by atoms with Gasteiger partial charge < -0.3 is 10.2 Å². The second-order valence-corrected chi connectivity index (χ2v) is 6.37. The molecule has 2 aromatic rings. The van der Waals surface area contributed by atoms with Gasteiger partial charge in [-0.05, 0) is 30.5 Å². The molecule has 0 amide bonds. The highest BCUT2D eigenvalue weighted by atomic mass is 35.5. The summed E-state index contributed by atoms with van der Waals surface area (Å²) in [5, 5.41) is 16.9. The topological polar surface area (TPSA) is 100 Å². The van der Waals surface area contributed by atoms with Crippen LogP contribution >= 0.6 is 11.6 Å². The van der Waals surface area contributed by atoms with Gasteiger partial charge in [-0.25, -0.2) is 14.8 Å². The van der Waals surface area contributed by atoms with Crippen molar-refractivity contribution in [2.24, 2.45) is 0 Å². The first-order valence-corrected chi connectivity index (χ1v) is 9.22. The second kappa shape index (κ2) is 11.3. The third-order valence-electron chi connectivity index (χ3n) is 3.77. The number of halogens is 1. The molecule has 0 fully saturated rings. The van der Waals surface area contributed by atoms with Crippen molar-refractivity contribution in [1.29, 1.82) is 0 Å². The first-order chi connectivity index (χ1) is 12.8. The molecule has 1 heterocycles. The number of aromatic carboxylic acids is 1. The molecule has 0 aliphatic heterocycles. The standard InChI is InChI=1S/C18H21ClN2O2.C2H4O2/c1-3-5-6-16-20-15(14(4-2)17(19)21-16)11-12-7-9-13(10-8-12)18(22)23;1-2(3)4/h7-10H,3-6,11H2,1-2H3,(H,22,23);1H3,(H,3,4). The number of hydrogen-bond acceptors (Lipinski definition) is 4. The fraction of sp³-hybridized carbons (Fsp3) is 0.400. The van der Waals surface area contributed by atoms with Gasteiger partial charge in [-0.15, -0.1) is 0 Å². The smallest absolute Gasteiger partial charge is 0.335 e. The maximum absolute atomic E-state index is 10.9. The molecule has 27 heavy (non-hydrogen) atoms. The van der Waals surface area contributed by atoms with Gasteiger partial charge in [0.1, 0.15) is 11.0 Å². The van der Waals surface area contributed by atoms with Crippen molar-refractivity contribution < 1.29 is 19.8 Å². The predicted octanol–water partition coefficient (Wildman–Crippen LogP) is 4.41. The Morgan fingerprint density at radius 3 is 2.15 bits per heavy atom. The summed E-state index contributed by atoms with van der Waals surface area (Å²) in [5.41, 5.74) is 3.20. The SMILES string of the molecule is CC(=O)O.CCCCc1nc(Cl)c(CC)c(Cc2ccc(C(=O)O)cc2)n1. The van der Waals surface area contributed by atoms with Gasteiger partial charge in [0, 0.05) is 25.3 Å². The fourth-order valence-electron chi connectivity index (χ4n) is 2.45. The van der Waals surface area contributed by atoms with Crippen LogP contribution in [0.4, 0.5) is 0 Å². The van der Waals surface area contributed by atoms with Crippen molar-refractivity contribution in [3.63, 3.8) is 0 Å². The van der Waals surface area contributed by atoms with E-state index in [0.717, 1.165) is 55.3 Å². The molecule has 0 saturated carbocycles. The molecule has 1 aromatic heterocycles. The molecule has 0 spiro atoms. The Hall–Kier alpha value is -2.47. The summed E-state index contributed by atoms with van der Waals surface area (Å²) in [6.45, 7) is 5.25. The first kappa shape index (κ1) is 22.6. The Kier molecular flexibility index (Phi) is 9.44. The van der Waals surface area contributed by atoms with Crippen LogP contribution in [0.25, 0.3) is 0 Å². The van der Waals surface area contributed by atoms with Gasteiger partial charge in [-0.2, -0.15) is 0 Å². The summed E-state index contributed by atoms with van der Waals surface area (Å²) in [5.74, 6) is -0.969. The molecule has 1 aromatic carbocycles. The van der Waals surface area contributed by atoms with E-state index >= 15 is 0 Å². The molecule has 0 saturated heterocycles. The molecule has 0 radical (unpaired) electrons. The molecule has 2 N–H and O–H groups in total. The van der Waals surface area contributed by atoms with Crippen LogP contribution in [0.15, 0.2) is 24.3 Å². The van der Waals surface area contributed by atoms with Gasteiger partial charge in [0.2, 0.25) is 0 Å². The highest BCUT2D eigenvalue weighted by molar-refractivity contribution is 6.30. The summed E-state index contributed by atoms with van der Waals surface area (Å²) in [7, 11) is 0. The van der Waals surface area contributed by atoms with Crippen LogP contribution in [-0.2, 0) is 24.1 Å². The zero-order valence-corrected chi connectivity index (χ0v) is 16.6. The van der Waals surface area contributed by atoms with Crippen molar-refractivity contribution >= 4 is 23.5 Å². The van der Waals surface area contributed by atoms with E-state index in [9.17, 15) is 4.79 Å². The summed E-state index contributed by atoms with van der Waals surface area (Å²) in [6.07, 6.45) is 4.35. The van der Waals surface area contributed by atoms with Crippen LogP contribution in [-0.4, -0.2) is 32.1 Å². The number of carbonyl (C=O) groups is 2. The van der Waals surface area contributed by atoms with Crippen LogP contribution in [0, 0.1) is 0 Å². The molecule has 0 bridgehead atoms. The average Bonchev–Trinajstić information content (AvgIpc) is 2.60. The van der Waals surface area contributed by atoms with Crippen LogP contribution in [0.5, 0.6) is 0 Å². The summed E-state index contributed by atoms with van der Waals surface area (Å²) >= 11 is 6.32. The Bertz CT molecular complexity index is 772. The zero-order valence-electron chi connectivity index (χ0n) is 15.8. The lowest BCUT2D eigenvalue weighted by Gasteiger charge is -2.11. The number of carboxylic acids is 2. The van der Waals surface area contributed by atoms with E-state index in [1.807, 2.05) is 19.1 Å². The number of nitrogens with zero attached hydrogens (tertiary/aromatic N) is 2. The third kappa shape index (κ3) is 7.74. The molecular weight excluding hydrogens is 368 g/mol. The van der Waals surface area contributed by atoms with Gasteiger partial charge in [0.25, 0.3) is 5.97 Å². The third-order valence-corrected chi connectivity index (χ3v) is 4.08. The van der Waals surface area contributed by atoms with Crippen LogP contribution in [0.1, 0.15) is 66.6 Å². The molecule has 146 valence electrons. The summed E-state index contributed by atoms with van der Waals surface area (Å²) in [6, 6.07) is 6.88. The number of unbranched alkanes of at least 4 members (excludes halogenated alkanes) is 1. The van der Waals surface area contributed by atoms with Gasteiger partial charge in [-0.3, -0.25) is 4.79 Å². The Morgan fingerprint density at radius 2 is 1.67 bits per heavy atom. The van der Waals surface area contributed by atoms with Gasteiger partial charge in [0.05, 0.1) is 11.3 Å². The number of aryl methyl sites for hydroxylation is 1. The lowest BCUT2D eigenvalue weighted by atomic mass is 10.0. The number of hydrogen-bond donors (Lipinski definition) is 2. The van der Waals surface area contributed by atoms with E-state index in [0.29, 0.717) is 11.6 Å². The Labute approximate surface area is 164 Å². The number of rotatable bonds is 7. The highest BCUT2D eigenvalue weighted by Crippen LogP contribution is 2.21. The molecule has 0 atom stereocenters.